The SMILES string of the molecule is CC(C)NC(=O)c1ccccc1NC(=S)Nc1ccc(Cl)cc1. The summed E-state index contributed by atoms with van der Waals surface area (Å²) in [5, 5.41) is 10.0. The van der Waals surface area contributed by atoms with Crippen molar-refractivity contribution in [3.05, 3.63) is 59.1 Å². The molecule has 0 unspecified atom stereocenters. The van der Waals surface area contributed by atoms with Gasteiger partial charge < -0.3 is 16.0 Å². The Morgan fingerprint density at radius 3 is 2.35 bits per heavy atom. The molecule has 4 nitrogen and oxygen atoms in total. The van der Waals surface area contributed by atoms with E-state index in [4.69, 9.17) is 23.8 Å². The van der Waals surface area contributed by atoms with Crippen LogP contribution in [0.5, 0.6) is 0 Å². The van der Waals surface area contributed by atoms with Crippen LogP contribution in [0.25, 0.3) is 0 Å². The first-order valence-electron chi connectivity index (χ1n) is 7.19. The maximum atomic E-state index is 12.2. The molecule has 0 aliphatic rings. The molecule has 0 saturated carbocycles. The number of amides is 1. The third-order valence-electron chi connectivity index (χ3n) is 2.94. The summed E-state index contributed by atoms with van der Waals surface area (Å²) >= 11 is 11.2. The number of rotatable bonds is 4. The zero-order valence-electron chi connectivity index (χ0n) is 12.9. The van der Waals surface area contributed by atoms with Gasteiger partial charge in [0, 0.05) is 16.8 Å². The Morgan fingerprint density at radius 1 is 1.04 bits per heavy atom. The molecule has 0 spiro atoms. The summed E-state index contributed by atoms with van der Waals surface area (Å²) in [5.41, 5.74) is 2.01. The lowest BCUT2D eigenvalue weighted by Gasteiger charge is -2.15. The molecule has 0 bridgehead atoms. The highest BCUT2D eigenvalue weighted by atomic mass is 35.5. The first-order chi connectivity index (χ1) is 11.0. The molecule has 0 heterocycles. The van der Waals surface area contributed by atoms with Crippen molar-refractivity contribution in [3.63, 3.8) is 0 Å². The van der Waals surface area contributed by atoms with Gasteiger partial charge in [-0.2, -0.15) is 0 Å². The van der Waals surface area contributed by atoms with Gasteiger partial charge in [-0.25, -0.2) is 0 Å². The molecule has 2 rings (SSSR count). The molecule has 0 radical (unpaired) electrons. The van der Waals surface area contributed by atoms with E-state index >= 15 is 0 Å². The fourth-order valence-corrected chi connectivity index (χ4v) is 2.30. The lowest BCUT2D eigenvalue weighted by molar-refractivity contribution is 0.0944. The van der Waals surface area contributed by atoms with Crippen molar-refractivity contribution >= 4 is 46.2 Å². The molecule has 2 aromatic carbocycles. The summed E-state index contributed by atoms with van der Waals surface area (Å²) in [5.74, 6) is -0.141. The average Bonchev–Trinajstić information content (AvgIpc) is 2.49. The number of halogens is 1. The molecular formula is C17H18ClN3OS. The zero-order valence-corrected chi connectivity index (χ0v) is 14.5. The Bertz CT molecular complexity index is 701. The summed E-state index contributed by atoms with van der Waals surface area (Å²) in [6.07, 6.45) is 0. The minimum Gasteiger partial charge on any atom is -0.350 e. The molecule has 23 heavy (non-hydrogen) atoms. The zero-order chi connectivity index (χ0) is 16.8. The monoisotopic (exact) mass is 347 g/mol. The van der Waals surface area contributed by atoms with Crippen molar-refractivity contribution in [2.75, 3.05) is 10.6 Å². The maximum absolute atomic E-state index is 12.2. The molecule has 0 saturated heterocycles. The van der Waals surface area contributed by atoms with Gasteiger partial charge in [-0.15, -0.1) is 0 Å². The molecule has 0 aliphatic heterocycles. The van der Waals surface area contributed by atoms with Crippen LogP contribution in [-0.4, -0.2) is 17.1 Å². The van der Waals surface area contributed by atoms with Crippen LogP contribution in [0.2, 0.25) is 5.02 Å². The highest BCUT2D eigenvalue weighted by Gasteiger charge is 2.12. The van der Waals surface area contributed by atoms with Crippen LogP contribution in [0.3, 0.4) is 0 Å². The number of carbonyl (C=O) groups excluding carboxylic acids is 1. The average molecular weight is 348 g/mol. The van der Waals surface area contributed by atoms with E-state index in [1.54, 1.807) is 18.2 Å². The third kappa shape index (κ3) is 5.23. The fraction of sp³-hybridized carbons (Fsp3) is 0.176. The van der Waals surface area contributed by atoms with Crippen molar-refractivity contribution in [1.82, 2.24) is 5.32 Å². The van der Waals surface area contributed by atoms with Crippen LogP contribution in [0.4, 0.5) is 11.4 Å². The van der Waals surface area contributed by atoms with E-state index in [2.05, 4.69) is 16.0 Å². The summed E-state index contributed by atoms with van der Waals surface area (Å²) in [6, 6.07) is 14.5. The Hall–Kier alpha value is -2.11. The summed E-state index contributed by atoms with van der Waals surface area (Å²) in [7, 11) is 0. The second-order valence-electron chi connectivity index (χ2n) is 5.26. The van der Waals surface area contributed by atoms with Crippen LogP contribution < -0.4 is 16.0 Å². The first-order valence-corrected chi connectivity index (χ1v) is 7.98. The molecule has 3 N–H and O–H groups in total. The van der Waals surface area contributed by atoms with Crippen LogP contribution >= 0.6 is 23.8 Å². The predicted molar refractivity (Wildman–Crippen MR) is 100 cm³/mol. The number of hydrogen-bond donors (Lipinski definition) is 3. The highest BCUT2D eigenvalue weighted by molar-refractivity contribution is 7.80. The van der Waals surface area contributed by atoms with E-state index in [1.807, 2.05) is 44.2 Å². The van der Waals surface area contributed by atoms with Crippen LogP contribution in [0.1, 0.15) is 24.2 Å². The lowest BCUT2D eigenvalue weighted by atomic mass is 10.1. The van der Waals surface area contributed by atoms with Gasteiger partial charge >= 0.3 is 0 Å². The van der Waals surface area contributed by atoms with Crippen molar-refractivity contribution in [2.24, 2.45) is 0 Å². The van der Waals surface area contributed by atoms with Gasteiger partial charge in [-0.05, 0) is 62.5 Å². The number of benzene rings is 2. The van der Waals surface area contributed by atoms with Gasteiger partial charge in [-0.3, -0.25) is 4.79 Å². The molecule has 0 fully saturated rings. The number of anilines is 2. The van der Waals surface area contributed by atoms with E-state index in [1.165, 1.54) is 0 Å². The molecule has 0 atom stereocenters. The van der Waals surface area contributed by atoms with Gasteiger partial charge in [0.2, 0.25) is 0 Å². The molecule has 2 aromatic rings. The maximum Gasteiger partial charge on any atom is 0.253 e. The molecule has 1 amide bonds. The first kappa shape index (κ1) is 17.2. The Morgan fingerprint density at radius 2 is 1.70 bits per heavy atom. The minimum absolute atomic E-state index is 0.0645. The van der Waals surface area contributed by atoms with E-state index in [9.17, 15) is 4.79 Å². The predicted octanol–water partition coefficient (Wildman–Crippen LogP) is 4.29. The van der Waals surface area contributed by atoms with Gasteiger partial charge in [0.25, 0.3) is 5.91 Å². The highest BCUT2D eigenvalue weighted by Crippen LogP contribution is 2.17. The Kier molecular flexibility index (Phi) is 5.96. The van der Waals surface area contributed by atoms with Crippen LogP contribution in [-0.2, 0) is 0 Å². The van der Waals surface area contributed by atoms with Gasteiger partial charge in [0.05, 0.1) is 11.3 Å². The smallest absolute Gasteiger partial charge is 0.253 e. The van der Waals surface area contributed by atoms with Gasteiger partial charge in [0.1, 0.15) is 0 Å². The largest absolute Gasteiger partial charge is 0.350 e. The second kappa shape index (κ2) is 7.94. The van der Waals surface area contributed by atoms with Crippen LogP contribution in [0.15, 0.2) is 48.5 Å². The van der Waals surface area contributed by atoms with E-state index in [0.29, 0.717) is 21.4 Å². The van der Waals surface area contributed by atoms with Crippen molar-refractivity contribution in [3.8, 4) is 0 Å². The number of carbonyl (C=O) groups is 1. The quantitative estimate of drug-likeness (QED) is 0.722. The number of nitrogens with one attached hydrogen (secondary N) is 3. The fourth-order valence-electron chi connectivity index (χ4n) is 1.95. The Balaban J connectivity index is 2.08. The Labute approximate surface area is 146 Å². The van der Waals surface area contributed by atoms with Crippen molar-refractivity contribution in [1.29, 1.82) is 0 Å². The lowest BCUT2D eigenvalue weighted by Crippen LogP contribution is -2.31. The van der Waals surface area contributed by atoms with Crippen molar-refractivity contribution < 1.29 is 4.79 Å². The summed E-state index contributed by atoms with van der Waals surface area (Å²) < 4.78 is 0. The van der Waals surface area contributed by atoms with E-state index < -0.39 is 0 Å². The summed E-state index contributed by atoms with van der Waals surface area (Å²) in [6.45, 7) is 3.83. The third-order valence-corrected chi connectivity index (χ3v) is 3.40. The molecular weight excluding hydrogens is 330 g/mol. The number of thiocarbonyl (C=S) groups is 1. The van der Waals surface area contributed by atoms with Gasteiger partial charge in [0.15, 0.2) is 5.11 Å². The second-order valence-corrected chi connectivity index (χ2v) is 6.10. The molecule has 120 valence electrons. The normalized spacial score (nSPS) is 10.3. The number of para-hydroxylation sites is 1. The van der Waals surface area contributed by atoms with Gasteiger partial charge in [-0.1, -0.05) is 23.7 Å². The van der Waals surface area contributed by atoms with Crippen molar-refractivity contribution in [2.45, 2.75) is 19.9 Å². The molecule has 0 aromatic heterocycles. The number of hydrogen-bond acceptors (Lipinski definition) is 2. The topological polar surface area (TPSA) is 53.2 Å². The van der Waals surface area contributed by atoms with E-state index in [0.717, 1.165) is 5.69 Å². The minimum atomic E-state index is -0.141. The molecule has 6 heteroatoms. The van der Waals surface area contributed by atoms with E-state index in [-0.39, 0.29) is 11.9 Å². The summed E-state index contributed by atoms with van der Waals surface area (Å²) in [4.78, 5) is 12.2. The van der Waals surface area contributed by atoms with Crippen LogP contribution in [0, 0.1) is 0 Å². The standard InChI is InChI=1S/C17H18ClN3OS/c1-11(2)19-16(22)14-5-3-4-6-15(14)21-17(23)20-13-9-7-12(18)8-10-13/h3-11H,1-2H3,(H,19,22)(H2,20,21,23). The molecule has 0 aliphatic carbocycles.